The molecule has 3 aromatic rings. The van der Waals surface area contributed by atoms with Crippen LogP contribution < -0.4 is 5.32 Å². The van der Waals surface area contributed by atoms with Gasteiger partial charge in [-0.3, -0.25) is 15.2 Å². The molecule has 0 atom stereocenters. The Morgan fingerprint density at radius 1 is 1.23 bits per heavy atom. The first-order valence-corrected chi connectivity index (χ1v) is 10.1. The standard InChI is InChI=1S/C21H24F2N6O2/c1-13-24-11-18(31-13)15-7-14-8-20(26-10-17(14)25-9-15)27-21(30)29-5-3-16(4-6-29)28(2)12-19(22)23/h7-11,16,19H,3-6,12H2,1-2H3,(H,26,27,30). The third-order valence-corrected chi connectivity index (χ3v) is 5.51. The Morgan fingerprint density at radius 2 is 2.00 bits per heavy atom. The Hall–Kier alpha value is -3.14. The number of rotatable bonds is 5. The SMILES string of the molecule is Cc1ncc(-c2cnc3cnc(NC(=O)N4CCC(N(C)CC(F)F)CC4)cc3c2)o1. The van der Waals surface area contributed by atoms with E-state index in [0.717, 1.165) is 10.9 Å². The lowest BCUT2D eigenvalue weighted by atomic mass is 10.0. The number of aromatic nitrogens is 3. The van der Waals surface area contributed by atoms with Crippen LogP contribution in [-0.2, 0) is 0 Å². The molecule has 2 amide bonds. The average Bonchev–Trinajstić information content (AvgIpc) is 3.19. The number of halogens is 2. The van der Waals surface area contributed by atoms with Crippen LogP contribution >= 0.6 is 0 Å². The van der Waals surface area contributed by atoms with Gasteiger partial charge in [0, 0.05) is 43.2 Å². The van der Waals surface area contributed by atoms with Crippen molar-refractivity contribution in [3.63, 3.8) is 0 Å². The lowest BCUT2D eigenvalue weighted by molar-refractivity contribution is 0.0628. The Bertz CT molecular complexity index is 1060. The molecule has 4 heterocycles. The van der Waals surface area contributed by atoms with Gasteiger partial charge in [-0.15, -0.1) is 0 Å². The van der Waals surface area contributed by atoms with Crippen LogP contribution in [0.25, 0.3) is 22.2 Å². The number of urea groups is 1. The molecular formula is C21H24F2N6O2. The maximum atomic E-state index is 12.7. The lowest BCUT2D eigenvalue weighted by Gasteiger charge is -2.36. The quantitative estimate of drug-likeness (QED) is 0.663. The molecule has 1 saturated heterocycles. The van der Waals surface area contributed by atoms with Crippen molar-refractivity contribution in [2.45, 2.75) is 32.2 Å². The van der Waals surface area contributed by atoms with Crippen LogP contribution in [0.5, 0.6) is 0 Å². The molecule has 4 rings (SSSR count). The number of nitrogens with one attached hydrogen (secondary N) is 1. The first-order chi connectivity index (χ1) is 14.9. The van der Waals surface area contributed by atoms with Gasteiger partial charge in [0.15, 0.2) is 11.7 Å². The van der Waals surface area contributed by atoms with Gasteiger partial charge in [-0.2, -0.15) is 0 Å². The van der Waals surface area contributed by atoms with Crippen molar-refractivity contribution in [2.75, 3.05) is 32.0 Å². The number of pyridine rings is 2. The van der Waals surface area contributed by atoms with Crippen molar-refractivity contribution in [3.05, 3.63) is 36.6 Å². The summed E-state index contributed by atoms with van der Waals surface area (Å²) >= 11 is 0. The number of aryl methyl sites for hydroxylation is 1. The Balaban J connectivity index is 1.41. The van der Waals surface area contributed by atoms with E-state index < -0.39 is 6.43 Å². The average molecular weight is 430 g/mol. The van der Waals surface area contributed by atoms with E-state index in [-0.39, 0.29) is 18.6 Å². The number of fused-ring (bicyclic) bond motifs is 1. The van der Waals surface area contributed by atoms with Crippen LogP contribution in [0.2, 0.25) is 0 Å². The van der Waals surface area contributed by atoms with E-state index in [4.69, 9.17) is 4.42 Å². The number of hydrogen-bond donors (Lipinski definition) is 1. The van der Waals surface area contributed by atoms with E-state index in [0.29, 0.717) is 48.9 Å². The summed E-state index contributed by atoms with van der Waals surface area (Å²) in [4.78, 5) is 28.8. The summed E-state index contributed by atoms with van der Waals surface area (Å²) in [5, 5.41) is 3.63. The molecule has 1 aliphatic rings. The largest absolute Gasteiger partial charge is 0.441 e. The maximum absolute atomic E-state index is 12.7. The second-order valence-corrected chi connectivity index (χ2v) is 7.71. The summed E-state index contributed by atoms with van der Waals surface area (Å²) in [5.74, 6) is 1.61. The summed E-state index contributed by atoms with van der Waals surface area (Å²) in [6, 6.07) is 3.47. The van der Waals surface area contributed by atoms with Crippen LogP contribution in [-0.4, -0.2) is 69.9 Å². The highest BCUT2D eigenvalue weighted by Crippen LogP contribution is 2.24. The first-order valence-electron chi connectivity index (χ1n) is 10.1. The van der Waals surface area contributed by atoms with E-state index in [2.05, 4.69) is 20.3 Å². The molecule has 1 aliphatic heterocycles. The molecule has 164 valence electrons. The van der Waals surface area contributed by atoms with Gasteiger partial charge in [-0.1, -0.05) is 0 Å². The summed E-state index contributed by atoms with van der Waals surface area (Å²) < 4.78 is 30.7. The summed E-state index contributed by atoms with van der Waals surface area (Å²) in [6.45, 7) is 2.54. The third kappa shape index (κ3) is 4.96. The van der Waals surface area contributed by atoms with Crippen LogP contribution in [0, 0.1) is 6.92 Å². The van der Waals surface area contributed by atoms with E-state index in [1.165, 1.54) is 0 Å². The summed E-state index contributed by atoms with van der Waals surface area (Å²) in [7, 11) is 1.70. The highest BCUT2D eigenvalue weighted by molar-refractivity contribution is 5.91. The van der Waals surface area contributed by atoms with E-state index >= 15 is 0 Å². The minimum absolute atomic E-state index is 0.0565. The number of hydrogen-bond acceptors (Lipinski definition) is 6. The van der Waals surface area contributed by atoms with Crippen molar-refractivity contribution < 1.29 is 18.0 Å². The second-order valence-electron chi connectivity index (χ2n) is 7.71. The number of amides is 2. The molecule has 1 fully saturated rings. The molecule has 0 radical (unpaired) electrons. The molecule has 0 unspecified atom stereocenters. The molecule has 0 spiro atoms. The Labute approximate surface area is 178 Å². The molecular weight excluding hydrogens is 406 g/mol. The maximum Gasteiger partial charge on any atom is 0.323 e. The zero-order valence-corrected chi connectivity index (χ0v) is 17.4. The van der Waals surface area contributed by atoms with Gasteiger partial charge in [-0.05, 0) is 32.0 Å². The number of likely N-dealkylation sites (tertiary alicyclic amines) is 1. The normalized spacial score (nSPS) is 15.2. The lowest BCUT2D eigenvalue weighted by Crippen LogP contribution is -2.47. The van der Waals surface area contributed by atoms with Gasteiger partial charge < -0.3 is 9.32 Å². The number of oxazole rings is 1. The molecule has 0 bridgehead atoms. The van der Waals surface area contributed by atoms with Crippen molar-refractivity contribution in [2.24, 2.45) is 0 Å². The minimum atomic E-state index is -2.35. The van der Waals surface area contributed by atoms with E-state index in [1.54, 1.807) is 48.4 Å². The number of carbonyl (C=O) groups excluding carboxylic acids is 1. The van der Waals surface area contributed by atoms with Crippen molar-refractivity contribution in [1.29, 1.82) is 0 Å². The fourth-order valence-corrected chi connectivity index (χ4v) is 3.79. The number of piperidine rings is 1. The predicted octanol–water partition coefficient (Wildman–Crippen LogP) is 3.79. The molecule has 0 saturated carbocycles. The fourth-order valence-electron chi connectivity index (χ4n) is 3.79. The van der Waals surface area contributed by atoms with Gasteiger partial charge >= 0.3 is 6.03 Å². The summed E-state index contributed by atoms with van der Waals surface area (Å²) in [5.41, 5.74) is 1.48. The number of anilines is 1. The number of alkyl halides is 2. The van der Waals surface area contributed by atoms with E-state index in [9.17, 15) is 13.6 Å². The first kappa shape index (κ1) is 21.1. The predicted molar refractivity (Wildman–Crippen MR) is 112 cm³/mol. The Kier molecular flexibility index (Phi) is 6.08. The molecule has 3 aromatic heterocycles. The van der Waals surface area contributed by atoms with Crippen LogP contribution in [0.15, 0.2) is 35.1 Å². The fraction of sp³-hybridized carbons (Fsp3) is 0.429. The molecule has 1 N–H and O–H groups in total. The third-order valence-electron chi connectivity index (χ3n) is 5.51. The monoisotopic (exact) mass is 430 g/mol. The van der Waals surface area contributed by atoms with Crippen LogP contribution in [0.3, 0.4) is 0 Å². The van der Waals surface area contributed by atoms with Crippen molar-refractivity contribution >= 4 is 22.8 Å². The highest BCUT2D eigenvalue weighted by atomic mass is 19.3. The van der Waals surface area contributed by atoms with Gasteiger partial charge in [0.25, 0.3) is 6.43 Å². The molecule has 0 aliphatic carbocycles. The second kappa shape index (κ2) is 8.93. The number of carbonyl (C=O) groups is 1. The van der Waals surface area contributed by atoms with Crippen LogP contribution in [0.1, 0.15) is 18.7 Å². The molecule has 10 heteroatoms. The van der Waals surface area contributed by atoms with Gasteiger partial charge in [0.1, 0.15) is 5.82 Å². The zero-order chi connectivity index (χ0) is 22.0. The molecule has 31 heavy (non-hydrogen) atoms. The molecule has 0 aromatic carbocycles. The van der Waals surface area contributed by atoms with E-state index in [1.807, 2.05) is 6.07 Å². The van der Waals surface area contributed by atoms with Gasteiger partial charge in [-0.25, -0.2) is 23.5 Å². The summed E-state index contributed by atoms with van der Waals surface area (Å²) in [6.07, 6.45) is 3.90. The van der Waals surface area contributed by atoms with Crippen molar-refractivity contribution in [3.8, 4) is 11.3 Å². The Morgan fingerprint density at radius 3 is 2.68 bits per heavy atom. The smallest absolute Gasteiger partial charge is 0.323 e. The number of nitrogens with zero attached hydrogens (tertiary/aromatic N) is 5. The van der Waals surface area contributed by atoms with Crippen LogP contribution in [0.4, 0.5) is 19.4 Å². The zero-order valence-electron chi connectivity index (χ0n) is 17.4. The van der Waals surface area contributed by atoms with Gasteiger partial charge in [0.2, 0.25) is 0 Å². The molecule has 8 nitrogen and oxygen atoms in total. The topological polar surface area (TPSA) is 87.4 Å². The highest BCUT2D eigenvalue weighted by Gasteiger charge is 2.26. The van der Waals surface area contributed by atoms with Crippen molar-refractivity contribution in [1.82, 2.24) is 24.8 Å². The minimum Gasteiger partial charge on any atom is -0.441 e. The van der Waals surface area contributed by atoms with Gasteiger partial charge in [0.05, 0.1) is 24.5 Å².